The highest BCUT2D eigenvalue weighted by molar-refractivity contribution is 9.11. The highest BCUT2D eigenvalue weighted by Gasteiger charge is 2.10. The van der Waals surface area contributed by atoms with Gasteiger partial charge in [0.25, 0.3) is 0 Å². The second-order valence-electron chi connectivity index (χ2n) is 3.28. The van der Waals surface area contributed by atoms with Gasteiger partial charge in [0.15, 0.2) is 0 Å². The van der Waals surface area contributed by atoms with E-state index in [1.165, 1.54) is 29.3 Å². The molecule has 0 aliphatic carbocycles. The lowest BCUT2D eigenvalue weighted by Crippen LogP contribution is -1.91. The van der Waals surface area contributed by atoms with E-state index >= 15 is 0 Å². The van der Waals surface area contributed by atoms with Gasteiger partial charge in [-0.05, 0) is 30.2 Å². The van der Waals surface area contributed by atoms with Gasteiger partial charge in [0.05, 0.1) is 0 Å². The summed E-state index contributed by atoms with van der Waals surface area (Å²) in [5.74, 6) is 0. The van der Waals surface area contributed by atoms with Crippen molar-refractivity contribution >= 4 is 47.8 Å². The summed E-state index contributed by atoms with van der Waals surface area (Å²) in [6.45, 7) is 2.22. The molecule has 0 aliphatic heterocycles. The molecule has 0 aliphatic rings. The van der Waals surface area contributed by atoms with Gasteiger partial charge in [-0.1, -0.05) is 67.6 Å². The van der Waals surface area contributed by atoms with Crippen molar-refractivity contribution in [1.29, 1.82) is 0 Å². The zero-order valence-electron chi connectivity index (χ0n) is 8.06. The molecule has 0 nitrogen and oxygen atoms in total. The van der Waals surface area contributed by atoms with Crippen LogP contribution in [0.5, 0.6) is 0 Å². The molecule has 0 saturated carbocycles. The van der Waals surface area contributed by atoms with Crippen molar-refractivity contribution in [3.05, 3.63) is 32.7 Å². The second kappa shape index (κ2) is 6.29. The molecule has 14 heavy (non-hydrogen) atoms. The Labute approximate surface area is 111 Å². The van der Waals surface area contributed by atoms with Crippen LogP contribution in [-0.2, 0) is 0 Å². The maximum absolute atomic E-state index is 3.72. The average molecular weight is 385 g/mol. The minimum absolute atomic E-state index is 0.453. The molecule has 0 saturated heterocycles. The van der Waals surface area contributed by atoms with Crippen LogP contribution in [-0.4, -0.2) is 0 Å². The summed E-state index contributed by atoms with van der Waals surface area (Å²) in [4.78, 5) is 0.453. The van der Waals surface area contributed by atoms with E-state index in [4.69, 9.17) is 0 Å². The number of rotatable bonds is 4. The minimum Gasteiger partial charge on any atom is -0.0838 e. The molecule has 1 atom stereocenters. The lowest BCUT2D eigenvalue weighted by atomic mass is 10.1. The van der Waals surface area contributed by atoms with E-state index in [2.05, 4.69) is 66.8 Å². The van der Waals surface area contributed by atoms with Crippen molar-refractivity contribution in [2.45, 2.75) is 31.0 Å². The first-order chi connectivity index (χ1) is 6.65. The van der Waals surface area contributed by atoms with Crippen LogP contribution in [0.2, 0.25) is 0 Å². The van der Waals surface area contributed by atoms with Crippen molar-refractivity contribution in [2.24, 2.45) is 0 Å². The van der Waals surface area contributed by atoms with Crippen molar-refractivity contribution < 1.29 is 0 Å². The van der Waals surface area contributed by atoms with Gasteiger partial charge in [-0.25, -0.2) is 0 Å². The summed E-state index contributed by atoms with van der Waals surface area (Å²) < 4.78 is 2.32. The predicted octanol–water partition coefficient (Wildman–Crippen LogP) is 5.84. The molecule has 1 aromatic rings. The van der Waals surface area contributed by atoms with Crippen molar-refractivity contribution in [1.82, 2.24) is 0 Å². The van der Waals surface area contributed by atoms with Crippen LogP contribution >= 0.6 is 47.8 Å². The van der Waals surface area contributed by atoms with E-state index < -0.39 is 0 Å². The Morgan fingerprint density at radius 1 is 1.29 bits per heavy atom. The third-order valence-electron chi connectivity index (χ3n) is 2.11. The highest BCUT2D eigenvalue weighted by Crippen LogP contribution is 2.35. The van der Waals surface area contributed by atoms with Crippen LogP contribution in [0.25, 0.3) is 0 Å². The zero-order chi connectivity index (χ0) is 10.6. The second-order valence-corrected chi connectivity index (χ2v) is 6.15. The van der Waals surface area contributed by atoms with Crippen LogP contribution in [0, 0.1) is 0 Å². The molecule has 78 valence electrons. The fourth-order valence-corrected chi connectivity index (χ4v) is 3.20. The molecular weight excluding hydrogens is 372 g/mol. The summed E-state index contributed by atoms with van der Waals surface area (Å²) in [5.41, 5.74) is 1.33. The van der Waals surface area contributed by atoms with Gasteiger partial charge >= 0.3 is 0 Å². The first kappa shape index (κ1) is 12.7. The van der Waals surface area contributed by atoms with Gasteiger partial charge in [0, 0.05) is 13.8 Å². The molecule has 0 aromatic heterocycles. The minimum atomic E-state index is 0.453. The number of benzene rings is 1. The molecule has 0 N–H and O–H groups in total. The Morgan fingerprint density at radius 2 is 2.00 bits per heavy atom. The Bertz CT molecular complexity index is 297. The highest BCUT2D eigenvalue weighted by atomic mass is 79.9. The zero-order valence-corrected chi connectivity index (χ0v) is 12.8. The van der Waals surface area contributed by atoms with Crippen LogP contribution < -0.4 is 0 Å². The lowest BCUT2D eigenvalue weighted by molar-refractivity contribution is 0.711. The van der Waals surface area contributed by atoms with Crippen molar-refractivity contribution in [2.75, 3.05) is 0 Å². The van der Waals surface area contributed by atoms with E-state index in [9.17, 15) is 0 Å². The number of hydrogen-bond donors (Lipinski definition) is 0. The van der Waals surface area contributed by atoms with E-state index in [-0.39, 0.29) is 0 Å². The van der Waals surface area contributed by atoms with E-state index in [1.807, 2.05) is 6.07 Å². The SMILES string of the molecule is CCCCC(Br)c1cc(Br)ccc1Br. The third-order valence-corrected chi connectivity index (χ3v) is 4.27. The largest absolute Gasteiger partial charge is 0.0838 e. The first-order valence-corrected chi connectivity index (χ1v) is 7.24. The molecule has 0 radical (unpaired) electrons. The summed E-state index contributed by atoms with van der Waals surface area (Å²) in [5, 5.41) is 0. The third kappa shape index (κ3) is 3.67. The Kier molecular flexibility index (Phi) is 5.72. The van der Waals surface area contributed by atoms with Crippen LogP contribution in [0.15, 0.2) is 27.1 Å². The average Bonchev–Trinajstić information content (AvgIpc) is 2.18. The predicted molar refractivity (Wildman–Crippen MR) is 73.0 cm³/mol. The van der Waals surface area contributed by atoms with Gasteiger partial charge in [-0.2, -0.15) is 0 Å². The maximum atomic E-state index is 3.72. The smallest absolute Gasteiger partial charge is 0.0406 e. The molecule has 1 unspecified atom stereocenters. The normalized spacial score (nSPS) is 12.9. The quantitative estimate of drug-likeness (QED) is 0.572. The molecule has 0 bridgehead atoms. The standard InChI is InChI=1S/C11H13Br3/c1-2-3-4-10(13)9-7-8(12)5-6-11(9)14/h5-7,10H,2-4H2,1H3. The van der Waals surface area contributed by atoms with Gasteiger partial charge in [-0.3, -0.25) is 0 Å². The molecule has 0 heterocycles. The summed E-state index contributed by atoms with van der Waals surface area (Å²) in [6, 6.07) is 6.30. The summed E-state index contributed by atoms with van der Waals surface area (Å²) in [7, 11) is 0. The number of halogens is 3. The van der Waals surface area contributed by atoms with Gasteiger partial charge in [0.2, 0.25) is 0 Å². The topological polar surface area (TPSA) is 0 Å². The molecule has 3 heteroatoms. The summed E-state index contributed by atoms with van der Waals surface area (Å²) in [6.07, 6.45) is 3.69. The molecule has 0 fully saturated rings. The van der Waals surface area contributed by atoms with Gasteiger partial charge < -0.3 is 0 Å². The number of alkyl halides is 1. The van der Waals surface area contributed by atoms with Crippen molar-refractivity contribution in [3.63, 3.8) is 0 Å². The lowest BCUT2D eigenvalue weighted by Gasteiger charge is -2.11. The van der Waals surface area contributed by atoms with Crippen LogP contribution in [0.3, 0.4) is 0 Å². The Hall–Kier alpha value is 0.660. The summed E-state index contributed by atoms with van der Waals surface area (Å²) >= 11 is 10.8. The molecular formula is C11H13Br3. The Balaban J connectivity index is 2.77. The molecule has 1 aromatic carbocycles. The van der Waals surface area contributed by atoms with Crippen LogP contribution in [0.4, 0.5) is 0 Å². The van der Waals surface area contributed by atoms with E-state index in [0.29, 0.717) is 4.83 Å². The van der Waals surface area contributed by atoms with Crippen LogP contribution in [0.1, 0.15) is 36.6 Å². The number of unbranched alkanes of at least 4 members (excludes halogenated alkanes) is 1. The first-order valence-electron chi connectivity index (χ1n) is 4.74. The number of hydrogen-bond acceptors (Lipinski definition) is 0. The van der Waals surface area contributed by atoms with Gasteiger partial charge in [0.1, 0.15) is 0 Å². The fourth-order valence-electron chi connectivity index (χ4n) is 1.29. The van der Waals surface area contributed by atoms with Gasteiger partial charge in [-0.15, -0.1) is 0 Å². The molecule has 1 rings (SSSR count). The van der Waals surface area contributed by atoms with Crippen molar-refractivity contribution in [3.8, 4) is 0 Å². The van der Waals surface area contributed by atoms with E-state index in [0.717, 1.165) is 4.47 Å². The maximum Gasteiger partial charge on any atom is 0.0406 e. The van der Waals surface area contributed by atoms with E-state index in [1.54, 1.807) is 0 Å². The monoisotopic (exact) mass is 382 g/mol. The Morgan fingerprint density at radius 3 is 2.64 bits per heavy atom. The molecule has 0 spiro atoms. The fraction of sp³-hybridized carbons (Fsp3) is 0.455. The molecule has 0 amide bonds.